The predicted octanol–water partition coefficient (Wildman–Crippen LogP) is 3.33. The lowest BCUT2D eigenvalue weighted by Gasteiger charge is -2.45. The Labute approximate surface area is 165 Å². The van der Waals surface area contributed by atoms with Gasteiger partial charge in [-0.2, -0.15) is 0 Å². The molecule has 2 aromatic carbocycles. The molecule has 5 heteroatoms. The molecule has 5 nitrogen and oxygen atoms in total. The predicted molar refractivity (Wildman–Crippen MR) is 105 cm³/mol. The van der Waals surface area contributed by atoms with Crippen LogP contribution < -0.4 is 9.47 Å². The van der Waals surface area contributed by atoms with E-state index in [-0.39, 0.29) is 11.5 Å². The number of methoxy groups -OCH3 is 1. The number of carbonyl (C=O) groups excluding carboxylic acids is 1. The van der Waals surface area contributed by atoms with E-state index in [4.69, 9.17) is 14.2 Å². The summed E-state index contributed by atoms with van der Waals surface area (Å²) in [5.74, 6) is 1.91. The van der Waals surface area contributed by atoms with Crippen molar-refractivity contribution >= 4 is 5.91 Å². The average Bonchev–Trinajstić information content (AvgIpc) is 3.21. The van der Waals surface area contributed by atoms with Gasteiger partial charge in [-0.25, -0.2) is 0 Å². The minimum atomic E-state index is -0.345. The van der Waals surface area contributed by atoms with Gasteiger partial charge in [-0.1, -0.05) is 12.1 Å². The number of rotatable bonds is 2. The molecule has 1 spiro atoms. The first kappa shape index (κ1) is 17.6. The van der Waals surface area contributed by atoms with E-state index in [0.29, 0.717) is 19.7 Å². The summed E-state index contributed by atoms with van der Waals surface area (Å²) in [5.41, 5.74) is 4.04. The highest BCUT2D eigenvalue weighted by Crippen LogP contribution is 2.46. The van der Waals surface area contributed by atoms with Gasteiger partial charge in [-0.3, -0.25) is 4.79 Å². The van der Waals surface area contributed by atoms with Crippen LogP contribution in [-0.4, -0.2) is 44.2 Å². The second-order valence-corrected chi connectivity index (χ2v) is 7.80. The second-order valence-electron chi connectivity index (χ2n) is 7.80. The Hall–Kier alpha value is -2.53. The van der Waals surface area contributed by atoms with Crippen LogP contribution in [0.5, 0.6) is 11.5 Å². The van der Waals surface area contributed by atoms with E-state index in [9.17, 15) is 4.79 Å². The molecule has 0 aliphatic carbocycles. The summed E-state index contributed by atoms with van der Waals surface area (Å²) in [6.07, 6.45) is 3.37. The summed E-state index contributed by atoms with van der Waals surface area (Å²) < 4.78 is 17.5. The van der Waals surface area contributed by atoms with E-state index in [2.05, 4.69) is 6.07 Å². The molecular formula is C23H25NO4. The fraction of sp³-hybridized carbons (Fsp3) is 0.435. The van der Waals surface area contributed by atoms with Crippen LogP contribution in [-0.2, 0) is 23.2 Å². The summed E-state index contributed by atoms with van der Waals surface area (Å²) >= 11 is 0. The van der Waals surface area contributed by atoms with Crippen molar-refractivity contribution in [3.63, 3.8) is 0 Å². The maximum Gasteiger partial charge on any atom is 0.253 e. The first-order valence-corrected chi connectivity index (χ1v) is 10.1. The molecule has 3 aliphatic rings. The van der Waals surface area contributed by atoms with Gasteiger partial charge in [-0.15, -0.1) is 0 Å². The fourth-order valence-electron chi connectivity index (χ4n) is 4.87. The third-order valence-electron chi connectivity index (χ3n) is 6.33. The number of nitrogens with zero attached hydrogens (tertiary/aromatic N) is 1. The number of hydrogen-bond donors (Lipinski definition) is 0. The summed E-state index contributed by atoms with van der Waals surface area (Å²) in [7, 11) is 1.72. The maximum absolute atomic E-state index is 13.1. The van der Waals surface area contributed by atoms with E-state index < -0.39 is 0 Å². The lowest BCUT2D eigenvalue weighted by Crippen LogP contribution is -2.48. The van der Waals surface area contributed by atoms with Crippen LogP contribution in [0.4, 0.5) is 0 Å². The van der Waals surface area contributed by atoms with Crippen molar-refractivity contribution < 1.29 is 19.0 Å². The first-order chi connectivity index (χ1) is 13.7. The minimum Gasteiger partial charge on any atom is -0.496 e. The number of piperidine rings is 1. The van der Waals surface area contributed by atoms with E-state index in [1.54, 1.807) is 7.11 Å². The molecular weight excluding hydrogens is 354 g/mol. The summed E-state index contributed by atoms with van der Waals surface area (Å²) in [4.78, 5) is 15.0. The molecule has 3 heterocycles. The average molecular weight is 379 g/mol. The van der Waals surface area contributed by atoms with E-state index in [1.165, 1.54) is 11.1 Å². The third kappa shape index (κ3) is 2.76. The molecule has 146 valence electrons. The summed E-state index contributed by atoms with van der Waals surface area (Å²) in [5, 5.41) is 0. The Balaban J connectivity index is 1.37. The van der Waals surface area contributed by atoms with Gasteiger partial charge in [0, 0.05) is 30.6 Å². The van der Waals surface area contributed by atoms with E-state index >= 15 is 0 Å². The highest BCUT2D eigenvalue weighted by Gasteiger charge is 2.43. The fourth-order valence-corrected chi connectivity index (χ4v) is 4.87. The van der Waals surface area contributed by atoms with Gasteiger partial charge in [0.25, 0.3) is 5.91 Å². The molecule has 0 radical (unpaired) electrons. The Morgan fingerprint density at radius 1 is 1.07 bits per heavy atom. The molecule has 3 aliphatic heterocycles. The number of fused-ring (bicyclic) bond motifs is 3. The van der Waals surface area contributed by atoms with Crippen molar-refractivity contribution in [1.82, 2.24) is 4.90 Å². The van der Waals surface area contributed by atoms with Crippen LogP contribution in [0.3, 0.4) is 0 Å². The maximum atomic E-state index is 13.1. The van der Waals surface area contributed by atoms with Crippen LogP contribution in [0, 0.1) is 0 Å². The standard InChI is InChI=1S/C23H25NO4/c1-26-20-4-2-3-16-8-14-28-23(21(16)20)9-11-24(12-10-23)22(25)18-5-6-19-17(15-18)7-13-27-19/h2-6,15H,7-14H2,1H3. The molecule has 0 aromatic heterocycles. The van der Waals surface area contributed by atoms with Crippen molar-refractivity contribution in [2.75, 3.05) is 33.4 Å². The number of hydrogen-bond acceptors (Lipinski definition) is 4. The monoisotopic (exact) mass is 379 g/mol. The third-order valence-corrected chi connectivity index (χ3v) is 6.33. The molecule has 0 N–H and O–H groups in total. The molecule has 1 amide bonds. The lowest BCUT2D eigenvalue weighted by atomic mass is 9.78. The SMILES string of the molecule is COc1cccc2c1C1(CCN(C(=O)c3ccc4c(c3)CCO4)CC1)OCC2. The zero-order chi connectivity index (χ0) is 19.1. The number of amides is 1. The van der Waals surface area contributed by atoms with Crippen molar-refractivity contribution in [2.45, 2.75) is 31.3 Å². The van der Waals surface area contributed by atoms with Crippen molar-refractivity contribution in [3.8, 4) is 11.5 Å². The molecule has 0 bridgehead atoms. The van der Waals surface area contributed by atoms with Gasteiger partial charge >= 0.3 is 0 Å². The molecule has 0 saturated carbocycles. The van der Waals surface area contributed by atoms with Crippen LogP contribution >= 0.6 is 0 Å². The molecule has 5 rings (SSSR count). The molecule has 1 fully saturated rings. The smallest absolute Gasteiger partial charge is 0.253 e. The molecule has 28 heavy (non-hydrogen) atoms. The van der Waals surface area contributed by atoms with Crippen LogP contribution in [0.15, 0.2) is 36.4 Å². The minimum absolute atomic E-state index is 0.0978. The van der Waals surface area contributed by atoms with Gasteiger partial charge < -0.3 is 19.1 Å². The molecule has 2 aromatic rings. The van der Waals surface area contributed by atoms with Crippen molar-refractivity contribution in [2.24, 2.45) is 0 Å². The topological polar surface area (TPSA) is 48.0 Å². The first-order valence-electron chi connectivity index (χ1n) is 10.1. The van der Waals surface area contributed by atoms with Gasteiger partial charge in [-0.05, 0) is 54.7 Å². The van der Waals surface area contributed by atoms with Crippen LogP contribution in [0.1, 0.15) is 39.9 Å². The largest absolute Gasteiger partial charge is 0.496 e. The van der Waals surface area contributed by atoms with Gasteiger partial charge in [0.1, 0.15) is 17.1 Å². The summed E-state index contributed by atoms with van der Waals surface area (Å²) in [6.45, 7) is 2.80. The molecule has 1 saturated heterocycles. The molecule has 0 atom stereocenters. The van der Waals surface area contributed by atoms with Crippen molar-refractivity contribution in [1.29, 1.82) is 0 Å². The van der Waals surface area contributed by atoms with Gasteiger partial charge in [0.15, 0.2) is 0 Å². The molecule has 0 unspecified atom stereocenters. The van der Waals surface area contributed by atoms with E-state index in [1.807, 2.05) is 35.2 Å². The number of ether oxygens (including phenoxy) is 3. The Morgan fingerprint density at radius 2 is 1.89 bits per heavy atom. The highest BCUT2D eigenvalue weighted by atomic mass is 16.5. The number of carbonyl (C=O) groups is 1. The lowest BCUT2D eigenvalue weighted by molar-refractivity contribution is -0.0946. The van der Waals surface area contributed by atoms with Gasteiger partial charge in [0.05, 0.1) is 20.3 Å². The number of likely N-dealkylation sites (tertiary alicyclic amines) is 1. The van der Waals surface area contributed by atoms with Crippen LogP contribution in [0.25, 0.3) is 0 Å². The van der Waals surface area contributed by atoms with E-state index in [0.717, 1.165) is 54.9 Å². The normalized spacial score (nSPS) is 19.7. The Kier molecular flexibility index (Phi) is 4.27. The second kappa shape index (κ2) is 6.82. The van der Waals surface area contributed by atoms with Crippen LogP contribution in [0.2, 0.25) is 0 Å². The zero-order valence-corrected chi connectivity index (χ0v) is 16.2. The summed E-state index contributed by atoms with van der Waals surface area (Å²) in [6, 6.07) is 12.0. The van der Waals surface area contributed by atoms with Crippen molar-refractivity contribution in [3.05, 3.63) is 58.7 Å². The van der Waals surface area contributed by atoms with Gasteiger partial charge in [0.2, 0.25) is 0 Å². The Bertz CT molecular complexity index is 901. The zero-order valence-electron chi connectivity index (χ0n) is 16.2. The Morgan fingerprint density at radius 3 is 2.71 bits per heavy atom. The highest BCUT2D eigenvalue weighted by molar-refractivity contribution is 5.94. The quantitative estimate of drug-likeness (QED) is 0.803. The number of benzene rings is 2.